The number of nitro benzene ring substituents is 1. The van der Waals surface area contributed by atoms with Gasteiger partial charge in [0, 0.05) is 17.7 Å². The van der Waals surface area contributed by atoms with Crippen molar-refractivity contribution in [3.8, 4) is 17.1 Å². The number of halogens is 2. The van der Waals surface area contributed by atoms with Gasteiger partial charge in [0.15, 0.2) is 11.3 Å². The third kappa shape index (κ3) is 3.04. The minimum absolute atomic E-state index is 0.0358. The highest BCUT2D eigenvalue weighted by Crippen LogP contribution is 2.32. The highest BCUT2D eigenvalue weighted by molar-refractivity contribution is 6.42. The standard InChI is InChI=1S/C21H11Cl2N5O2/c22-15-9-8-13(11-16(15)23)27-20(12-4-3-5-14(10-12)28(29)30)26-19-21(27)25-18-7-2-1-6-17(18)24-19/h1-11H. The maximum Gasteiger partial charge on any atom is 0.270 e. The Bertz CT molecular complexity index is 1470. The molecule has 5 rings (SSSR count). The smallest absolute Gasteiger partial charge is 0.270 e. The van der Waals surface area contributed by atoms with Crippen LogP contribution in [0.4, 0.5) is 5.69 Å². The Kier molecular flexibility index (Phi) is 4.34. The molecule has 0 spiro atoms. The second-order valence-electron chi connectivity index (χ2n) is 6.54. The van der Waals surface area contributed by atoms with Crippen LogP contribution in [0.2, 0.25) is 10.0 Å². The zero-order valence-corrected chi connectivity index (χ0v) is 16.7. The van der Waals surface area contributed by atoms with Gasteiger partial charge in [-0.1, -0.05) is 47.5 Å². The van der Waals surface area contributed by atoms with E-state index in [9.17, 15) is 10.1 Å². The number of hydrogen-bond donors (Lipinski definition) is 0. The number of para-hydroxylation sites is 2. The monoisotopic (exact) mass is 435 g/mol. The summed E-state index contributed by atoms with van der Waals surface area (Å²) < 4.78 is 1.77. The minimum Gasteiger partial charge on any atom is -0.275 e. The van der Waals surface area contributed by atoms with E-state index < -0.39 is 4.92 Å². The molecular weight excluding hydrogens is 425 g/mol. The Morgan fingerprint density at radius 3 is 2.33 bits per heavy atom. The molecule has 0 aliphatic heterocycles. The molecule has 0 aliphatic rings. The molecule has 0 N–H and O–H groups in total. The molecule has 0 unspecified atom stereocenters. The van der Waals surface area contributed by atoms with Crippen LogP contribution in [0, 0.1) is 10.1 Å². The lowest BCUT2D eigenvalue weighted by molar-refractivity contribution is -0.384. The second-order valence-corrected chi connectivity index (χ2v) is 7.35. The number of aromatic nitrogens is 4. The Hall–Kier alpha value is -3.55. The van der Waals surface area contributed by atoms with Gasteiger partial charge >= 0.3 is 0 Å². The number of benzene rings is 3. The van der Waals surface area contributed by atoms with Gasteiger partial charge in [-0.25, -0.2) is 15.0 Å². The van der Waals surface area contributed by atoms with Gasteiger partial charge in [0.05, 0.1) is 31.7 Å². The lowest BCUT2D eigenvalue weighted by Gasteiger charge is -2.10. The summed E-state index contributed by atoms with van der Waals surface area (Å²) in [5.41, 5.74) is 3.52. The molecule has 3 aromatic carbocycles. The predicted octanol–water partition coefficient (Wildman–Crippen LogP) is 5.85. The number of imidazole rings is 1. The molecule has 0 bridgehead atoms. The first-order chi connectivity index (χ1) is 14.5. The lowest BCUT2D eigenvalue weighted by atomic mass is 10.2. The molecule has 5 aromatic rings. The fraction of sp³-hybridized carbons (Fsp3) is 0. The highest BCUT2D eigenvalue weighted by atomic mass is 35.5. The summed E-state index contributed by atoms with van der Waals surface area (Å²) in [6.45, 7) is 0. The van der Waals surface area contributed by atoms with Crippen LogP contribution in [0.1, 0.15) is 0 Å². The van der Waals surface area contributed by atoms with Crippen molar-refractivity contribution in [1.82, 2.24) is 19.5 Å². The SMILES string of the molecule is O=[N+]([O-])c1cccc(-c2nc3nc4ccccc4nc3n2-c2ccc(Cl)c(Cl)c2)c1. The van der Waals surface area contributed by atoms with Crippen molar-refractivity contribution in [1.29, 1.82) is 0 Å². The molecule has 0 saturated heterocycles. The van der Waals surface area contributed by atoms with Gasteiger partial charge in [0.25, 0.3) is 5.69 Å². The van der Waals surface area contributed by atoms with Gasteiger partial charge in [-0.2, -0.15) is 0 Å². The summed E-state index contributed by atoms with van der Waals surface area (Å²) in [5, 5.41) is 12.1. The molecule has 0 aliphatic carbocycles. The van der Waals surface area contributed by atoms with Crippen LogP contribution in [-0.4, -0.2) is 24.4 Å². The first-order valence-corrected chi connectivity index (χ1v) is 9.62. The zero-order valence-electron chi connectivity index (χ0n) is 15.2. The van der Waals surface area contributed by atoms with Crippen LogP contribution < -0.4 is 0 Å². The molecule has 7 nitrogen and oxygen atoms in total. The number of nitrogens with zero attached hydrogens (tertiary/aromatic N) is 5. The average Bonchev–Trinajstić information content (AvgIpc) is 3.12. The summed E-state index contributed by atoms with van der Waals surface area (Å²) in [4.78, 5) is 24.8. The van der Waals surface area contributed by atoms with Gasteiger partial charge in [-0.3, -0.25) is 14.7 Å². The molecule has 2 heterocycles. The third-order valence-electron chi connectivity index (χ3n) is 4.65. The largest absolute Gasteiger partial charge is 0.275 e. The van der Waals surface area contributed by atoms with E-state index in [1.807, 2.05) is 24.3 Å². The van der Waals surface area contributed by atoms with Gasteiger partial charge in [0.2, 0.25) is 0 Å². The summed E-state index contributed by atoms with van der Waals surface area (Å²) in [6, 6.07) is 18.9. The van der Waals surface area contributed by atoms with E-state index in [1.54, 1.807) is 34.9 Å². The van der Waals surface area contributed by atoms with Gasteiger partial charge in [0.1, 0.15) is 5.82 Å². The summed E-state index contributed by atoms with van der Waals surface area (Å²) in [6.07, 6.45) is 0. The predicted molar refractivity (Wildman–Crippen MR) is 116 cm³/mol. The average molecular weight is 436 g/mol. The molecule has 0 fully saturated rings. The zero-order chi connectivity index (χ0) is 20.8. The van der Waals surface area contributed by atoms with Crippen molar-refractivity contribution in [2.24, 2.45) is 0 Å². The normalized spacial score (nSPS) is 11.3. The Balaban J connectivity index is 1.87. The van der Waals surface area contributed by atoms with Gasteiger partial charge < -0.3 is 0 Å². The Morgan fingerprint density at radius 2 is 1.60 bits per heavy atom. The van der Waals surface area contributed by atoms with Crippen molar-refractivity contribution >= 4 is 51.2 Å². The molecule has 0 radical (unpaired) electrons. The maximum absolute atomic E-state index is 11.3. The van der Waals surface area contributed by atoms with Crippen LogP contribution in [-0.2, 0) is 0 Å². The number of hydrogen-bond acceptors (Lipinski definition) is 5. The van der Waals surface area contributed by atoms with Crippen LogP contribution in [0.5, 0.6) is 0 Å². The molecule has 0 amide bonds. The molecule has 0 saturated carbocycles. The number of fused-ring (bicyclic) bond motifs is 2. The van der Waals surface area contributed by atoms with Crippen molar-refractivity contribution in [3.05, 3.63) is 86.9 Å². The molecule has 30 heavy (non-hydrogen) atoms. The van der Waals surface area contributed by atoms with E-state index in [4.69, 9.17) is 28.2 Å². The number of non-ortho nitro benzene ring substituents is 1. The summed E-state index contributed by atoms with van der Waals surface area (Å²) in [5.74, 6) is 0.461. The van der Waals surface area contributed by atoms with Crippen molar-refractivity contribution in [2.45, 2.75) is 0 Å². The Labute approximate surface area is 179 Å². The van der Waals surface area contributed by atoms with Gasteiger partial charge in [-0.15, -0.1) is 0 Å². The number of rotatable bonds is 3. The second kappa shape index (κ2) is 7.05. The van der Waals surface area contributed by atoms with Crippen molar-refractivity contribution in [3.63, 3.8) is 0 Å². The topological polar surface area (TPSA) is 86.7 Å². The minimum atomic E-state index is -0.444. The third-order valence-corrected chi connectivity index (χ3v) is 5.39. The van der Waals surface area contributed by atoms with Crippen LogP contribution in [0.25, 0.3) is 39.4 Å². The summed E-state index contributed by atoms with van der Waals surface area (Å²) in [7, 11) is 0. The maximum atomic E-state index is 11.3. The quantitative estimate of drug-likeness (QED) is 0.262. The molecule has 9 heteroatoms. The molecule has 0 atom stereocenters. The summed E-state index contributed by atoms with van der Waals surface area (Å²) >= 11 is 12.3. The van der Waals surface area contributed by atoms with Crippen molar-refractivity contribution in [2.75, 3.05) is 0 Å². The lowest BCUT2D eigenvalue weighted by Crippen LogP contribution is -2.00. The van der Waals surface area contributed by atoms with E-state index in [0.717, 1.165) is 0 Å². The number of nitro groups is 1. The van der Waals surface area contributed by atoms with E-state index in [2.05, 4.69) is 9.97 Å². The van der Waals surface area contributed by atoms with Crippen molar-refractivity contribution < 1.29 is 4.92 Å². The van der Waals surface area contributed by atoms with E-state index in [1.165, 1.54) is 12.1 Å². The van der Waals surface area contributed by atoms with E-state index in [0.29, 0.717) is 49.4 Å². The van der Waals surface area contributed by atoms with E-state index in [-0.39, 0.29) is 5.69 Å². The van der Waals surface area contributed by atoms with Gasteiger partial charge in [-0.05, 0) is 30.3 Å². The first-order valence-electron chi connectivity index (χ1n) is 8.87. The fourth-order valence-corrected chi connectivity index (χ4v) is 3.57. The van der Waals surface area contributed by atoms with Crippen LogP contribution in [0.15, 0.2) is 66.7 Å². The van der Waals surface area contributed by atoms with E-state index >= 15 is 0 Å². The Morgan fingerprint density at radius 1 is 0.833 bits per heavy atom. The van der Waals surface area contributed by atoms with Crippen LogP contribution in [0.3, 0.4) is 0 Å². The fourth-order valence-electron chi connectivity index (χ4n) is 3.28. The molecular formula is C21H11Cl2N5O2. The first kappa shape index (κ1) is 18.5. The highest BCUT2D eigenvalue weighted by Gasteiger charge is 2.19. The molecule has 146 valence electrons. The molecule has 2 aromatic heterocycles. The van der Waals surface area contributed by atoms with Crippen LogP contribution >= 0.6 is 23.2 Å².